The Labute approximate surface area is 169 Å². The van der Waals surface area contributed by atoms with E-state index in [0.717, 1.165) is 29.3 Å². The van der Waals surface area contributed by atoms with Gasteiger partial charge in [0.25, 0.3) is 5.91 Å². The number of benzene rings is 1. The Morgan fingerprint density at radius 1 is 1.38 bits per heavy atom. The Balaban J connectivity index is 0.00000288. The van der Waals surface area contributed by atoms with E-state index in [1.54, 1.807) is 0 Å². The van der Waals surface area contributed by atoms with Crippen molar-refractivity contribution < 1.29 is 4.79 Å². The smallest absolute Gasteiger partial charge is 0.251 e. The number of carbonyl (C=O) groups excluding carboxylic acids is 1. The Kier molecular flexibility index (Phi) is 9.65. The van der Waals surface area contributed by atoms with Crippen molar-refractivity contribution in [2.24, 2.45) is 10.9 Å². The molecular weight excluding hydrogens is 483 g/mol. The number of hydrogen-bond donors (Lipinski definition) is 3. The van der Waals surface area contributed by atoms with Gasteiger partial charge in [0.1, 0.15) is 0 Å². The van der Waals surface area contributed by atoms with Gasteiger partial charge < -0.3 is 16.0 Å². The lowest BCUT2D eigenvalue weighted by Gasteiger charge is -2.10. The number of amides is 1. The monoisotopic (exact) mass is 508 g/mol. The zero-order valence-corrected chi connectivity index (χ0v) is 18.1. The van der Waals surface area contributed by atoms with E-state index in [2.05, 4.69) is 50.7 Å². The Morgan fingerprint density at radius 3 is 2.75 bits per heavy atom. The van der Waals surface area contributed by atoms with E-state index in [1.807, 2.05) is 24.3 Å². The van der Waals surface area contributed by atoms with Crippen LogP contribution in [0.25, 0.3) is 0 Å². The second-order valence-corrected chi connectivity index (χ2v) is 6.76. The third kappa shape index (κ3) is 7.38. The first-order valence-corrected chi connectivity index (χ1v) is 8.98. The maximum atomic E-state index is 12.0. The predicted octanol–water partition coefficient (Wildman–Crippen LogP) is 3.15. The molecule has 0 heterocycles. The maximum absolute atomic E-state index is 12.0. The van der Waals surface area contributed by atoms with E-state index < -0.39 is 0 Å². The van der Waals surface area contributed by atoms with Gasteiger partial charge >= 0.3 is 0 Å². The fourth-order valence-corrected chi connectivity index (χ4v) is 2.62. The molecule has 0 aliphatic heterocycles. The van der Waals surface area contributed by atoms with Crippen LogP contribution in [0.2, 0.25) is 0 Å². The molecule has 1 aliphatic carbocycles. The summed E-state index contributed by atoms with van der Waals surface area (Å²) in [6.07, 6.45) is 2.03. The molecule has 0 bridgehead atoms. The second-order valence-electron chi connectivity index (χ2n) is 5.84. The first-order valence-electron chi connectivity index (χ1n) is 8.18. The number of aliphatic imine (C=N–C) groups is 1. The summed E-state index contributed by atoms with van der Waals surface area (Å²) in [5.74, 6) is 1.57. The lowest BCUT2D eigenvalue weighted by Crippen LogP contribution is -2.39. The van der Waals surface area contributed by atoms with Crippen LogP contribution in [-0.4, -0.2) is 37.5 Å². The van der Waals surface area contributed by atoms with Gasteiger partial charge in [-0.2, -0.15) is 0 Å². The lowest BCUT2D eigenvalue weighted by atomic mass is 10.2. The first-order chi connectivity index (χ1) is 11.1. The molecular formula is C17H26BrIN4O. The van der Waals surface area contributed by atoms with Gasteiger partial charge in [-0.15, -0.1) is 24.0 Å². The third-order valence-electron chi connectivity index (χ3n) is 3.75. The molecule has 1 fully saturated rings. The molecule has 24 heavy (non-hydrogen) atoms. The van der Waals surface area contributed by atoms with Gasteiger partial charge in [-0.25, -0.2) is 0 Å². The minimum atomic E-state index is -0.0490. The molecule has 5 nitrogen and oxygen atoms in total. The molecule has 0 saturated heterocycles. The number of rotatable bonds is 7. The largest absolute Gasteiger partial charge is 0.357 e. The van der Waals surface area contributed by atoms with Crippen molar-refractivity contribution in [1.82, 2.24) is 16.0 Å². The van der Waals surface area contributed by atoms with Crippen molar-refractivity contribution in [1.29, 1.82) is 0 Å². The SMILES string of the molecule is CCNC(=NCCCNC(=O)c1cccc(Br)c1)NC1CC1C.I. The highest BCUT2D eigenvalue weighted by molar-refractivity contribution is 14.0. The summed E-state index contributed by atoms with van der Waals surface area (Å²) in [6, 6.07) is 7.95. The summed E-state index contributed by atoms with van der Waals surface area (Å²) in [6.45, 7) is 6.46. The molecule has 7 heteroatoms. The summed E-state index contributed by atoms with van der Waals surface area (Å²) in [5.41, 5.74) is 0.667. The Morgan fingerprint density at radius 2 is 2.12 bits per heavy atom. The number of carbonyl (C=O) groups is 1. The second kappa shape index (κ2) is 10.9. The summed E-state index contributed by atoms with van der Waals surface area (Å²) in [4.78, 5) is 16.5. The number of guanidine groups is 1. The summed E-state index contributed by atoms with van der Waals surface area (Å²) in [5, 5.41) is 9.59. The lowest BCUT2D eigenvalue weighted by molar-refractivity contribution is 0.0953. The van der Waals surface area contributed by atoms with Crippen molar-refractivity contribution >= 4 is 51.8 Å². The molecule has 1 aliphatic rings. The van der Waals surface area contributed by atoms with Crippen LogP contribution in [0.4, 0.5) is 0 Å². The van der Waals surface area contributed by atoms with Crippen LogP contribution < -0.4 is 16.0 Å². The van der Waals surface area contributed by atoms with Crippen molar-refractivity contribution in [3.05, 3.63) is 34.3 Å². The van der Waals surface area contributed by atoms with Crippen LogP contribution in [0.3, 0.4) is 0 Å². The highest BCUT2D eigenvalue weighted by Crippen LogP contribution is 2.28. The number of hydrogen-bond acceptors (Lipinski definition) is 2. The normalized spacial score (nSPS) is 19.2. The minimum Gasteiger partial charge on any atom is -0.357 e. The van der Waals surface area contributed by atoms with Crippen LogP contribution in [-0.2, 0) is 0 Å². The standard InChI is InChI=1S/C17H25BrN4O.HI/c1-3-19-17(22-15-10-12(15)2)21-9-5-8-20-16(23)13-6-4-7-14(18)11-13;/h4,6-7,11-12,15H,3,5,8-10H2,1-2H3,(H,20,23)(H2,19,21,22);1H. The van der Waals surface area contributed by atoms with Crippen molar-refractivity contribution in [3.63, 3.8) is 0 Å². The summed E-state index contributed by atoms with van der Waals surface area (Å²) in [7, 11) is 0. The number of halogens is 2. The van der Waals surface area contributed by atoms with Gasteiger partial charge in [-0.05, 0) is 43.9 Å². The zero-order chi connectivity index (χ0) is 16.7. The van der Waals surface area contributed by atoms with E-state index in [-0.39, 0.29) is 29.9 Å². The number of nitrogens with one attached hydrogen (secondary N) is 3. The summed E-state index contributed by atoms with van der Waals surface area (Å²) < 4.78 is 0.908. The molecule has 134 valence electrons. The molecule has 1 aromatic rings. The van der Waals surface area contributed by atoms with Gasteiger partial charge in [-0.3, -0.25) is 9.79 Å². The molecule has 2 atom stereocenters. The number of nitrogens with zero attached hydrogens (tertiary/aromatic N) is 1. The van der Waals surface area contributed by atoms with Gasteiger partial charge in [0.05, 0.1) is 0 Å². The minimum absolute atomic E-state index is 0. The molecule has 1 amide bonds. The molecule has 3 N–H and O–H groups in total. The van der Waals surface area contributed by atoms with Crippen LogP contribution in [0.5, 0.6) is 0 Å². The first kappa shape index (κ1) is 21.2. The molecule has 1 aromatic carbocycles. The Bertz CT molecular complexity index is 567. The zero-order valence-electron chi connectivity index (χ0n) is 14.1. The van der Waals surface area contributed by atoms with Crippen molar-refractivity contribution in [2.75, 3.05) is 19.6 Å². The van der Waals surface area contributed by atoms with Crippen molar-refractivity contribution in [2.45, 2.75) is 32.7 Å². The molecule has 1 saturated carbocycles. The van der Waals surface area contributed by atoms with Crippen LogP contribution in [0.1, 0.15) is 37.0 Å². The van der Waals surface area contributed by atoms with Crippen LogP contribution >= 0.6 is 39.9 Å². The molecule has 2 rings (SSSR count). The van der Waals surface area contributed by atoms with Gasteiger partial charge in [0.15, 0.2) is 5.96 Å². The highest BCUT2D eigenvalue weighted by atomic mass is 127. The summed E-state index contributed by atoms with van der Waals surface area (Å²) >= 11 is 3.37. The fourth-order valence-electron chi connectivity index (χ4n) is 2.22. The Hall–Kier alpha value is -0.830. The molecule has 0 radical (unpaired) electrons. The van der Waals surface area contributed by atoms with Crippen LogP contribution in [0, 0.1) is 5.92 Å². The van der Waals surface area contributed by atoms with E-state index in [0.29, 0.717) is 24.7 Å². The molecule has 0 aromatic heterocycles. The molecule has 0 spiro atoms. The van der Waals surface area contributed by atoms with E-state index in [4.69, 9.17) is 0 Å². The average Bonchev–Trinajstić information content (AvgIpc) is 3.21. The third-order valence-corrected chi connectivity index (χ3v) is 4.25. The average molecular weight is 509 g/mol. The van der Waals surface area contributed by atoms with Crippen molar-refractivity contribution in [3.8, 4) is 0 Å². The van der Waals surface area contributed by atoms with Crippen LogP contribution in [0.15, 0.2) is 33.7 Å². The maximum Gasteiger partial charge on any atom is 0.251 e. The van der Waals surface area contributed by atoms with Gasteiger partial charge in [0.2, 0.25) is 0 Å². The fraction of sp³-hybridized carbons (Fsp3) is 0.529. The topological polar surface area (TPSA) is 65.5 Å². The van der Waals surface area contributed by atoms with E-state index >= 15 is 0 Å². The van der Waals surface area contributed by atoms with Gasteiger partial charge in [0, 0.05) is 35.7 Å². The quantitative estimate of drug-likeness (QED) is 0.229. The predicted molar refractivity (Wildman–Crippen MR) is 113 cm³/mol. The van der Waals surface area contributed by atoms with E-state index in [9.17, 15) is 4.79 Å². The van der Waals surface area contributed by atoms with Gasteiger partial charge in [-0.1, -0.05) is 28.9 Å². The molecule has 2 unspecified atom stereocenters. The highest BCUT2D eigenvalue weighted by Gasteiger charge is 2.33. The van der Waals surface area contributed by atoms with E-state index in [1.165, 1.54) is 6.42 Å².